The molecular weight excluding hydrogens is 352 g/mol. The number of nitrogens with one attached hydrogen (secondary N) is 1. The largest absolute Gasteiger partial charge is 0.346 e. The van der Waals surface area contributed by atoms with Crippen molar-refractivity contribution in [3.63, 3.8) is 0 Å². The maximum atomic E-state index is 13.4. The van der Waals surface area contributed by atoms with Crippen LogP contribution in [0.4, 0.5) is 8.78 Å². The summed E-state index contributed by atoms with van der Waals surface area (Å²) in [5.41, 5.74) is 2.07. The molecule has 2 heterocycles. The highest BCUT2D eigenvalue weighted by molar-refractivity contribution is 7.15. The number of imidazole rings is 1. The standard InChI is InChI=1S/C20H23F2N3S/c1-4-20(2,3)10-14-11-23-18(25-14)7-8-19-24-12-17(26-19)13-5-6-15(21)16(22)9-13/h5-6,9,11-12H,4,7-8,10H2,1-3H3,(H,23,25). The van der Waals surface area contributed by atoms with E-state index in [-0.39, 0.29) is 5.41 Å². The molecule has 0 bridgehead atoms. The molecule has 1 N–H and O–H groups in total. The Balaban J connectivity index is 1.62. The first kappa shape index (κ1) is 18.7. The molecule has 0 aliphatic heterocycles. The Kier molecular flexibility index (Phi) is 5.51. The zero-order chi connectivity index (χ0) is 18.7. The minimum absolute atomic E-state index is 0.262. The average molecular weight is 375 g/mol. The van der Waals surface area contributed by atoms with Gasteiger partial charge < -0.3 is 4.98 Å². The Labute approximate surface area is 156 Å². The topological polar surface area (TPSA) is 41.6 Å². The predicted molar refractivity (Wildman–Crippen MR) is 101 cm³/mol. The zero-order valence-corrected chi connectivity index (χ0v) is 16.1. The molecule has 0 aliphatic carbocycles. The summed E-state index contributed by atoms with van der Waals surface area (Å²) in [6.07, 6.45) is 7.27. The summed E-state index contributed by atoms with van der Waals surface area (Å²) in [5.74, 6) is -0.717. The van der Waals surface area contributed by atoms with Crippen LogP contribution in [-0.2, 0) is 19.3 Å². The third-order valence-electron chi connectivity index (χ3n) is 4.64. The fourth-order valence-electron chi connectivity index (χ4n) is 2.70. The maximum Gasteiger partial charge on any atom is 0.159 e. The Morgan fingerprint density at radius 2 is 1.88 bits per heavy atom. The van der Waals surface area contributed by atoms with Crippen LogP contribution in [0.5, 0.6) is 0 Å². The Morgan fingerprint density at radius 3 is 2.62 bits per heavy atom. The number of rotatable bonds is 7. The average Bonchev–Trinajstić information content (AvgIpc) is 3.24. The molecular formula is C20H23F2N3S. The van der Waals surface area contributed by atoms with Crippen molar-refractivity contribution >= 4 is 11.3 Å². The summed E-state index contributed by atoms with van der Waals surface area (Å²) in [6.45, 7) is 6.70. The molecule has 0 fully saturated rings. The lowest BCUT2D eigenvalue weighted by atomic mass is 9.85. The van der Waals surface area contributed by atoms with Gasteiger partial charge in [-0.05, 0) is 29.5 Å². The first-order valence-electron chi connectivity index (χ1n) is 8.79. The molecule has 0 spiro atoms. The highest BCUT2D eigenvalue weighted by Crippen LogP contribution is 2.28. The van der Waals surface area contributed by atoms with Crippen molar-refractivity contribution in [1.82, 2.24) is 15.0 Å². The van der Waals surface area contributed by atoms with Crippen molar-refractivity contribution in [2.75, 3.05) is 0 Å². The third kappa shape index (κ3) is 4.55. The molecule has 26 heavy (non-hydrogen) atoms. The van der Waals surface area contributed by atoms with Gasteiger partial charge in [0, 0.05) is 30.9 Å². The van der Waals surface area contributed by atoms with Crippen molar-refractivity contribution in [3.8, 4) is 10.4 Å². The molecule has 6 heteroatoms. The van der Waals surface area contributed by atoms with Crippen molar-refractivity contribution in [1.29, 1.82) is 0 Å². The number of hydrogen-bond donors (Lipinski definition) is 1. The zero-order valence-electron chi connectivity index (χ0n) is 15.3. The number of thiazole rings is 1. The highest BCUT2D eigenvalue weighted by atomic mass is 32.1. The molecule has 0 atom stereocenters. The van der Waals surface area contributed by atoms with Crippen molar-refractivity contribution < 1.29 is 8.78 Å². The quantitative estimate of drug-likeness (QED) is 0.586. The Morgan fingerprint density at radius 1 is 1.08 bits per heavy atom. The van der Waals surface area contributed by atoms with Gasteiger partial charge in [0.05, 0.1) is 9.88 Å². The molecule has 138 valence electrons. The van der Waals surface area contributed by atoms with Gasteiger partial charge in [0.25, 0.3) is 0 Å². The van der Waals surface area contributed by atoms with E-state index in [0.717, 1.165) is 53.2 Å². The van der Waals surface area contributed by atoms with Crippen LogP contribution in [0.15, 0.2) is 30.6 Å². The van der Waals surface area contributed by atoms with E-state index in [1.807, 2.05) is 6.20 Å². The third-order valence-corrected chi connectivity index (χ3v) is 5.75. The van der Waals surface area contributed by atoms with Gasteiger partial charge >= 0.3 is 0 Å². The second-order valence-corrected chi connectivity index (χ2v) is 8.41. The fraction of sp³-hybridized carbons (Fsp3) is 0.400. The van der Waals surface area contributed by atoms with E-state index in [1.165, 1.54) is 17.4 Å². The minimum atomic E-state index is -0.837. The second-order valence-electron chi connectivity index (χ2n) is 7.30. The lowest BCUT2D eigenvalue weighted by Crippen LogP contribution is -2.13. The molecule has 3 rings (SSSR count). The van der Waals surface area contributed by atoms with E-state index in [0.29, 0.717) is 5.56 Å². The number of halogens is 2. The lowest BCUT2D eigenvalue weighted by Gasteiger charge is -2.21. The molecule has 0 amide bonds. The lowest BCUT2D eigenvalue weighted by molar-refractivity contribution is 0.346. The van der Waals surface area contributed by atoms with Crippen LogP contribution in [0.1, 0.15) is 43.7 Å². The van der Waals surface area contributed by atoms with E-state index >= 15 is 0 Å². The van der Waals surface area contributed by atoms with Gasteiger partial charge in [-0.3, -0.25) is 0 Å². The molecule has 0 unspecified atom stereocenters. The van der Waals surface area contributed by atoms with Gasteiger partial charge in [-0.2, -0.15) is 0 Å². The molecule has 1 aromatic carbocycles. The molecule has 0 aliphatic rings. The van der Waals surface area contributed by atoms with Gasteiger partial charge in [-0.15, -0.1) is 11.3 Å². The van der Waals surface area contributed by atoms with Gasteiger partial charge in [-0.25, -0.2) is 18.7 Å². The van der Waals surface area contributed by atoms with Crippen LogP contribution in [0, 0.1) is 17.0 Å². The number of nitrogens with zero attached hydrogens (tertiary/aromatic N) is 2. The molecule has 2 aromatic heterocycles. The summed E-state index contributed by atoms with van der Waals surface area (Å²) in [5, 5.41) is 0.955. The molecule has 0 saturated heterocycles. The van der Waals surface area contributed by atoms with Gasteiger partial charge in [0.2, 0.25) is 0 Å². The van der Waals surface area contributed by atoms with Crippen LogP contribution < -0.4 is 0 Å². The van der Waals surface area contributed by atoms with E-state index in [1.54, 1.807) is 12.3 Å². The van der Waals surface area contributed by atoms with Crippen LogP contribution in [0.2, 0.25) is 0 Å². The van der Waals surface area contributed by atoms with Crippen molar-refractivity contribution in [2.24, 2.45) is 5.41 Å². The number of benzene rings is 1. The maximum absolute atomic E-state index is 13.4. The monoisotopic (exact) mass is 375 g/mol. The van der Waals surface area contributed by atoms with E-state index in [9.17, 15) is 8.78 Å². The highest BCUT2D eigenvalue weighted by Gasteiger charge is 2.17. The number of aromatic nitrogens is 3. The van der Waals surface area contributed by atoms with Crippen LogP contribution in [-0.4, -0.2) is 15.0 Å². The van der Waals surface area contributed by atoms with E-state index in [4.69, 9.17) is 0 Å². The number of aryl methyl sites for hydroxylation is 2. The SMILES string of the molecule is CCC(C)(C)Cc1cnc(CCc2ncc(-c3ccc(F)c(F)c3)s2)[nH]1. The van der Waals surface area contributed by atoms with E-state index in [2.05, 4.69) is 35.7 Å². The summed E-state index contributed by atoms with van der Waals surface area (Å²) in [4.78, 5) is 13.1. The number of H-pyrrole nitrogens is 1. The first-order valence-corrected chi connectivity index (χ1v) is 9.61. The summed E-state index contributed by atoms with van der Waals surface area (Å²) in [7, 11) is 0. The van der Waals surface area contributed by atoms with Crippen LogP contribution in [0.3, 0.4) is 0 Å². The summed E-state index contributed by atoms with van der Waals surface area (Å²) >= 11 is 1.50. The predicted octanol–water partition coefficient (Wildman–Crippen LogP) is 5.58. The minimum Gasteiger partial charge on any atom is -0.346 e. The Hall–Kier alpha value is -2.08. The Bertz CT molecular complexity index is 883. The summed E-state index contributed by atoms with van der Waals surface area (Å²) in [6, 6.07) is 3.93. The van der Waals surface area contributed by atoms with Gasteiger partial charge in [-0.1, -0.05) is 33.3 Å². The smallest absolute Gasteiger partial charge is 0.159 e. The summed E-state index contributed by atoms with van der Waals surface area (Å²) < 4.78 is 26.4. The number of hydrogen-bond acceptors (Lipinski definition) is 3. The normalized spacial score (nSPS) is 11.9. The fourth-order valence-corrected chi connectivity index (χ4v) is 3.61. The molecule has 0 radical (unpaired) electrons. The second kappa shape index (κ2) is 7.66. The first-order chi connectivity index (χ1) is 12.4. The molecule has 0 saturated carbocycles. The van der Waals surface area contributed by atoms with Crippen LogP contribution in [0.25, 0.3) is 10.4 Å². The molecule has 3 nitrogen and oxygen atoms in total. The molecule has 3 aromatic rings. The van der Waals surface area contributed by atoms with Gasteiger partial charge in [0.15, 0.2) is 11.6 Å². The number of aromatic amines is 1. The van der Waals surface area contributed by atoms with Crippen LogP contribution >= 0.6 is 11.3 Å². The van der Waals surface area contributed by atoms with E-state index < -0.39 is 11.6 Å². The van der Waals surface area contributed by atoms with Crippen molar-refractivity contribution in [3.05, 3.63) is 58.8 Å². The van der Waals surface area contributed by atoms with Gasteiger partial charge in [0.1, 0.15) is 5.82 Å². The van der Waals surface area contributed by atoms with Crippen molar-refractivity contribution in [2.45, 2.75) is 46.5 Å².